The number of methoxy groups -OCH3 is 1. The minimum absolute atomic E-state index is 0.103. The number of hydrogen-bond donors (Lipinski definition) is 2. The number of nitrogens with zero attached hydrogens (tertiary/aromatic N) is 2. The third kappa shape index (κ3) is 5.11. The number of phenols is 1. The van der Waals surface area contributed by atoms with Crippen molar-refractivity contribution in [1.29, 1.82) is 0 Å². The number of aromatic hydroxyl groups is 1. The van der Waals surface area contributed by atoms with Gasteiger partial charge in [0.2, 0.25) is 0 Å². The number of ether oxygens (including phenoxy) is 1. The third-order valence-electron chi connectivity index (χ3n) is 3.73. The minimum Gasteiger partial charge on any atom is -0.504 e. The first kappa shape index (κ1) is 18.6. The number of para-hydroxylation sites is 1. The molecule has 0 aliphatic heterocycles. The van der Waals surface area contributed by atoms with E-state index in [1.54, 1.807) is 18.2 Å². The van der Waals surface area contributed by atoms with Gasteiger partial charge in [-0.1, -0.05) is 24.3 Å². The normalized spacial score (nSPS) is 11.3. The van der Waals surface area contributed by atoms with Gasteiger partial charge in [0.1, 0.15) is 5.82 Å². The van der Waals surface area contributed by atoms with Crippen molar-refractivity contribution in [3.05, 3.63) is 59.4 Å². The zero-order chi connectivity index (χ0) is 18.2. The van der Waals surface area contributed by atoms with Crippen LogP contribution in [0.25, 0.3) is 0 Å². The number of phenolic OH excluding ortho intramolecular Hbond substituents is 1. The number of aliphatic imine (C=N–C) groups is 1. The molecule has 0 aliphatic rings. The van der Waals surface area contributed by atoms with Crippen LogP contribution in [0.15, 0.2) is 47.5 Å². The van der Waals surface area contributed by atoms with E-state index < -0.39 is 0 Å². The third-order valence-corrected chi connectivity index (χ3v) is 3.73. The van der Waals surface area contributed by atoms with Crippen molar-refractivity contribution >= 4 is 5.96 Å². The molecule has 2 N–H and O–H groups in total. The van der Waals surface area contributed by atoms with Gasteiger partial charge in [0.25, 0.3) is 0 Å². The van der Waals surface area contributed by atoms with E-state index in [4.69, 9.17) is 4.74 Å². The lowest BCUT2D eigenvalue weighted by Gasteiger charge is -2.22. The van der Waals surface area contributed by atoms with Crippen molar-refractivity contribution < 1.29 is 14.2 Å². The number of guanidine groups is 1. The first-order valence-corrected chi connectivity index (χ1v) is 8.13. The smallest absolute Gasteiger partial charge is 0.194 e. The van der Waals surface area contributed by atoms with E-state index in [-0.39, 0.29) is 11.6 Å². The van der Waals surface area contributed by atoms with Gasteiger partial charge in [0.15, 0.2) is 17.5 Å². The van der Waals surface area contributed by atoms with E-state index in [2.05, 4.69) is 10.3 Å². The summed E-state index contributed by atoms with van der Waals surface area (Å²) in [5.41, 5.74) is 1.67. The lowest BCUT2D eigenvalue weighted by atomic mass is 10.2. The molecule has 2 rings (SSSR count). The fourth-order valence-corrected chi connectivity index (χ4v) is 2.43. The fraction of sp³-hybridized carbons (Fsp3) is 0.316. The van der Waals surface area contributed by atoms with Gasteiger partial charge in [-0.25, -0.2) is 9.38 Å². The number of nitrogens with one attached hydrogen (secondary N) is 1. The van der Waals surface area contributed by atoms with Crippen LogP contribution in [0.1, 0.15) is 18.1 Å². The summed E-state index contributed by atoms with van der Waals surface area (Å²) in [5, 5.41) is 13.4. The molecule has 2 aromatic rings. The van der Waals surface area contributed by atoms with Gasteiger partial charge in [0, 0.05) is 25.7 Å². The Labute approximate surface area is 147 Å². The van der Waals surface area contributed by atoms with Crippen molar-refractivity contribution in [1.82, 2.24) is 10.2 Å². The van der Waals surface area contributed by atoms with Crippen molar-refractivity contribution in [3.8, 4) is 11.5 Å². The SMILES string of the molecule is CCNC(=NCc1cccc(OC)c1O)N(C)Cc1ccc(F)cc1. The van der Waals surface area contributed by atoms with Gasteiger partial charge in [-0.15, -0.1) is 0 Å². The second-order valence-electron chi connectivity index (χ2n) is 5.62. The highest BCUT2D eigenvalue weighted by molar-refractivity contribution is 5.79. The van der Waals surface area contributed by atoms with Crippen LogP contribution in [0, 0.1) is 5.82 Å². The summed E-state index contributed by atoms with van der Waals surface area (Å²) in [5.74, 6) is 0.984. The van der Waals surface area contributed by atoms with Gasteiger partial charge >= 0.3 is 0 Å². The average molecular weight is 345 g/mol. The van der Waals surface area contributed by atoms with Crippen LogP contribution in [-0.2, 0) is 13.1 Å². The summed E-state index contributed by atoms with van der Waals surface area (Å²) in [6.07, 6.45) is 0. The second-order valence-corrected chi connectivity index (χ2v) is 5.62. The zero-order valence-corrected chi connectivity index (χ0v) is 14.8. The molecular formula is C19H24FN3O2. The molecule has 0 aliphatic carbocycles. The van der Waals surface area contributed by atoms with E-state index in [0.29, 0.717) is 30.4 Å². The molecule has 0 radical (unpaired) electrons. The lowest BCUT2D eigenvalue weighted by Crippen LogP contribution is -2.38. The van der Waals surface area contributed by atoms with Crippen molar-refractivity contribution in [2.24, 2.45) is 4.99 Å². The number of rotatable bonds is 6. The van der Waals surface area contributed by atoms with E-state index in [9.17, 15) is 9.50 Å². The van der Waals surface area contributed by atoms with Gasteiger partial charge in [0.05, 0.1) is 13.7 Å². The Morgan fingerprint density at radius 3 is 2.60 bits per heavy atom. The number of benzene rings is 2. The molecule has 0 fully saturated rings. The quantitative estimate of drug-likeness (QED) is 0.624. The van der Waals surface area contributed by atoms with Crippen LogP contribution in [0.3, 0.4) is 0 Å². The molecule has 0 saturated carbocycles. The molecule has 0 aromatic heterocycles. The van der Waals surface area contributed by atoms with Crippen molar-refractivity contribution in [2.45, 2.75) is 20.0 Å². The molecule has 0 atom stereocenters. The van der Waals surface area contributed by atoms with Crippen molar-refractivity contribution in [3.63, 3.8) is 0 Å². The van der Waals surface area contributed by atoms with Crippen LogP contribution in [0.4, 0.5) is 4.39 Å². The molecular weight excluding hydrogens is 321 g/mol. The van der Waals surface area contributed by atoms with E-state index in [1.165, 1.54) is 19.2 Å². The standard InChI is InChI=1S/C19H24FN3O2/c1-4-21-19(23(2)13-14-8-10-16(20)11-9-14)22-12-15-6-5-7-17(25-3)18(15)24/h5-11,24H,4,12-13H2,1-3H3,(H,21,22). The monoisotopic (exact) mass is 345 g/mol. The molecule has 25 heavy (non-hydrogen) atoms. The van der Waals surface area contributed by atoms with Crippen LogP contribution < -0.4 is 10.1 Å². The molecule has 5 nitrogen and oxygen atoms in total. The maximum absolute atomic E-state index is 13.0. The summed E-state index contributed by atoms with van der Waals surface area (Å²) in [6, 6.07) is 11.7. The maximum Gasteiger partial charge on any atom is 0.194 e. The van der Waals surface area contributed by atoms with Crippen LogP contribution in [0.2, 0.25) is 0 Å². The molecule has 0 unspecified atom stereocenters. The van der Waals surface area contributed by atoms with Gasteiger partial charge in [-0.3, -0.25) is 0 Å². The number of halogens is 1. The van der Waals surface area contributed by atoms with Gasteiger partial charge < -0.3 is 20.1 Å². The summed E-state index contributed by atoms with van der Waals surface area (Å²) >= 11 is 0. The van der Waals surface area contributed by atoms with Crippen LogP contribution in [-0.4, -0.2) is 36.7 Å². The molecule has 134 valence electrons. The first-order chi connectivity index (χ1) is 12.0. The Hall–Kier alpha value is -2.76. The Bertz CT molecular complexity index is 717. The van der Waals surface area contributed by atoms with Crippen LogP contribution in [0.5, 0.6) is 11.5 Å². The Morgan fingerprint density at radius 1 is 1.24 bits per heavy atom. The highest BCUT2D eigenvalue weighted by Gasteiger charge is 2.10. The first-order valence-electron chi connectivity index (χ1n) is 8.13. The van der Waals surface area contributed by atoms with E-state index >= 15 is 0 Å². The summed E-state index contributed by atoms with van der Waals surface area (Å²) in [4.78, 5) is 6.53. The Morgan fingerprint density at radius 2 is 1.96 bits per heavy atom. The summed E-state index contributed by atoms with van der Waals surface area (Å²) < 4.78 is 18.1. The largest absolute Gasteiger partial charge is 0.504 e. The molecule has 0 saturated heterocycles. The fourth-order valence-electron chi connectivity index (χ4n) is 2.43. The second kappa shape index (κ2) is 8.92. The summed E-state index contributed by atoms with van der Waals surface area (Å²) in [6.45, 7) is 3.62. The predicted molar refractivity (Wildman–Crippen MR) is 97.3 cm³/mol. The summed E-state index contributed by atoms with van der Waals surface area (Å²) in [7, 11) is 3.43. The highest BCUT2D eigenvalue weighted by Crippen LogP contribution is 2.29. The average Bonchev–Trinajstić information content (AvgIpc) is 2.61. The lowest BCUT2D eigenvalue weighted by molar-refractivity contribution is 0.370. The predicted octanol–water partition coefficient (Wildman–Crippen LogP) is 3.14. The van der Waals surface area contributed by atoms with Gasteiger partial charge in [-0.05, 0) is 30.7 Å². The van der Waals surface area contributed by atoms with Crippen LogP contribution >= 0.6 is 0 Å². The molecule has 2 aromatic carbocycles. The molecule has 0 bridgehead atoms. The van der Waals surface area contributed by atoms with E-state index in [0.717, 1.165) is 12.1 Å². The topological polar surface area (TPSA) is 57.1 Å². The molecule has 6 heteroatoms. The molecule has 0 heterocycles. The zero-order valence-electron chi connectivity index (χ0n) is 14.8. The van der Waals surface area contributed by atoms with Crippen molar-refractivity contribution in [2.75, 3.05) is 20.7 Å². The maximum atomic E-state index is 13.0. The van der Waals surface area contributed by atoms with E-state index in [1.807, 2.05) is 31.0 Å². The number of hydrogen-bond acceptors (Lipinski definition) is 3. The molecule has 0 amide bonds. The Kier molecular flexibility index (Phi) is 6.62. The van der Waals surface area contributed by atoms with Gasteiger partial charge in [-0.2, -0.15) is 0 Å². The molecule has 0 spiro atoms. The highest BCUT2D eigenvalue weighted by atomic mass is 19.1. The minimum atomic E-state index is -0.250. The Balaban J connectivity index is 2.13.